The molecule has 0 radical (unpaired) electrons. The standard InChI is InChI=1S/C28H27N3O4/c32-27(30-15-17-34-18-16-30)20-35-26-14-8-7-13-23(26)25-19-24(21-9-3-1-4-10-21)29-31(25)28(33)22-11-5-2-6-12-22/h1-14,25H,15-20H2/t25-/m0/s1. The number of para-hydroxylation sites is 1. The molecule has 0 aliphatic carbocycles. The van der Waals surface area contributed by atoms with E-state index in [1.54, 1.807) is 22.0 Å². The highest BCUT2D eigenvalue weighted by Gasteiger charge is 2.35. The van der Waals surface area contributed by atoms with Crippen LogP contribution in [0.3, 0.4) is 0 Å². The highest BCUT2D eigenvalue weighted by atomic mass is 16.5. The molecule has 5 rings (SSSR count). The van der Waals surface area contributed by atoms with Crippen LogP contribution in [0.1, 0.15) is 33.9 Å². The summed E-state index contributed by atoms with van der Waals surface area (Å²) in [5.74, 6) is 0.322. The number of nitrogens with zero attached hydrogens (tertiary/aromatic N) is 3. The van der Waals surface area contributed by atoms with Gasteiger partial charge in [0, 0.05) is 30.6 Å². The van der Waals surface area contributed by atoms with Gasteiger partial charge in [0.2, 0.25) is 0 Å². The van der Waals surface area contributed by atoms with Crippen molar-refractivity contribution in [3.63, 3.8) is 0 Å². The first-order valence-electron chi connectivity index (χ1n) is 11.8. The van der Waals surface area contributed by atoms with Crippen molar-refractivity contribution in [1.82, 2.24) is 9.91 Å². The second-order valence-electron chi connectivity index (χ2n) is 8.47. The molecule has 0 spiro atoms. The average molecular weight is 470 g/mol. The SMILES string of the molecule is O=C(COc1ccccc1[C@@H]1CC(c2ccccc2)=NN1C(=O)c1ccccc1)N1CCOCC1. The summed E-state index contributed by atoms with van der Waals surface area (Å²) < 4.78 is 11.3. The molecule has 1 fully saturated rings. The second-order valence-corrected chi connectivity index (χ2v) is 8.47. The molecule has 1 saturated heterocycles. The third-order valence-electron chi connectivity index (χ3n) is 6.24. The van der Waals surface area contributed by atoms with Gasteiger partial charge in [-0.15, -0.1) is 0 Å². The summed E-state index contributed by atoms with van der Waals surface area (Å²) in [4.78, 5) is 27.9. The van der Waals surface area contributed by atoms with Gasteiger partial charge in [0.05, 0.1) is 25.0 Å². The number of benzene rings is 3. The molecule has 7 heteroatoms. The molecule has 178 valence electrons. The van der Waals surface area contributed by atoms with E-state index >= 15 is 0 Å². The fourth-order valence-electron chi connectivity index (χ4n) is 4.39. The number of hydrazone groups is 1. The normalized spacial score (nSPS) is 17.7. The zero-order valence-electron chi connectivity index (χ0n) is 19.4. The highest BCUT2D eigenvalue weighted by Crippen LogP contribution is 2.38. The monoisotopic (exact) mass is 469 g/mol. The summed E-state index contributed by atoms with van der Waals surface area (Å²) in [6, 6.07) is 26.2. The van der Waals surface area contributed by atoms with Gasteiger partial charge in [-0.25, -0.2) is 5.01 Å². The van der Waals surface area contributed by atoms with Gasteiger partial charge < -0.3 is 14.4 Å². The van der Waals surface area contributed by atoms with Gasteiger partial charge >= 0.3 is 0 Å². The Hall–Kier alpha value is -3.97. The van der Waals surface area contributed by atoms with Crippen LogP contribution in [0, 0.1) is 0 Å². The zero-order chi connectivity index (χ0) is 24.0. The maximum atomic E-state index is 13.5. The summed E-state index contributed by atoms with van der Waals surface area (Å²) in [6.07, 6.45) is 0.542. The molecule has 35 heavy (non-hydrogen) atoms. The minimum Gasteiger partial charge on any atom is -0.483 e. The molecule has 0 bridgehead atoms. The van der Waals surface area contributed by atoms with Crippen molar-refractivity contribution in [2.75, 3.05) is 32.9 Å². The number of carbonyl (C=O) groups is 2. The maximum Gasteiger partial charge on any atom is 0.274 e. The minimum atomic E-state index is -0.354. The molecule has 3 aromatic rings. The lowest BCUT2D eigenvalue weighted by atomic mass is 9.97. The van der Waals surface area contributed by atoms with E-state index in [9.17, 15) is 9.59 Å². The van der Waals surface area contributed by atoms with Crippen molar-refractivity contribution in [2.45, 2.75) is 12.5 Å². The van der Waals surface area contributed by atoms with Crippen molar-refractivity contribution in [3.05, 3.63) is 102 Å². The Morgan fingerprint density at radius 2 is 1.54 bits per heavy atom. The first kappa shape index (κ1) is 22.8. The fraction of sp³-hybridized carbons (Fsp3) is 0.250. The van der Waals surface area contributed by atoms with Gasteiger partial charge in [0.1, 0.15) is 5.75 Å². The van der Waals surface area contributed by atoms with E-state index in [1.165, 1.54) is 0 Å². The van der Waals surface area contributed by atoms with Crippen LogP contribution < -0.4 is 4.74 Å². The van der Waals surface area contributed by atoms with E-state index in [1.807, 2.05) is 72.8 Å². The van der Waals surface area contributed by atoms with Crippen molar-refractivity contribution in [1.29, 1.82) is 0 Å². The number of hydrogen-bond acceptors (Lipinski definition) is 5. The first-order chi connectivity index (χ1) is 17.2. The molecule has 0 aromatic heterocycles. The minimum absolute atomic E-state index is 0.0667. The predicted octanol–water partition coefficient (Wildman–Crippen LogP) is 3.92. The first-order valence-corrected chi connectivity index (χ1v) is 11.8. The van der Waals surface area contributed by atoms with Crippen LogP contribution in [0.25, 0.3) is 0 Å². The molecule has 2 aliphatic heterocycles. The quantitative estimate of drug-likeness (QED) is 0.549. The van der Waals surface area contributed by atoms with Crippen molar-refractivity contribution in [3.8, 4) is 5.75 Å². The topological polar surface area (TPSA) is 71.4 Å². The Morgan fingerprint density at radius 3 is 2.29 bits per heavy atom. The average Bonchev–Trinajstić information content (AvgIpc) is 3.38. The third-order valence-corrected chi connectivity index (χ3v) is 6.24. The molecule has 7 nitrogen and oxygen atoms in total. The van der Waals surface area contributed by atoms with Crippen molar-refractivity contribution in [2.24, 2.45) is 5.10 Å². The molecule has 2 aliphatic rings. The Labute approximate surface area is 204 Å². The van der Waals surface area contributed by atoms with Crippen LogP contribution in [0.15, 0.2) is 90.0 Å². The van der Waals surface area contributed by atoms with E-state index in [4.69, 9.17) is 14.6 Å². The van der Waals surface area contributed by atoms with Gasteiger partial charge in [0.25, 0.3) is 11.8 Å². The molecule has 3 aromatic carbocycles. The number of ether oxygens (including phenoxy) is 2. The van der Waals surface area contributed by atoms with Crippen LogP contribution in [-0.4, -0.2) is 60.3 Å². The maximum absolute atomic E-state index is 13.5. The number of rotatable bonds is 6. The van der Waals surface area contributed by atoms with Crippen molar-refractivity contribution < 1.29 is 19.1 Å². The summed E-state index contributed by atoms with van der Waals surface area (Å²) in [6.45, 7) is 2.16. The van der Waals surface area contributed by atoms with Gasteiger partial charge in [-0.05, 0) is 23.8 Å². The van der Waals surface area contributed by atoms with Gasteiger partial charge in [0.15, 0.2) is 6.61 Å². The van der Waals surface area contributed by atoms with Gasteiger partial charge in [-0.1, -0.05) is 66.7 Å². The van der Waals surface area contributed by atoms with E-state index in [-0.39, 0.29) is 24.5 Å². The lowest BCUT2D eigenvalue weighted by Crippen LogP contribution is -2.43. The van der Waals surface area contributed by atoms with E-state index in [0.29, 0.717) is 44.0 Å². The lowest BCUT2D eigenvalue weighted by molar-refractivity contribution is -0.137. The predicted molar refractivity (Wildman–Crippen MR) is 132 cm³/mol. The molecule has 2 amide bonds. The number of hydrogen-bond donors (Lipinski definition) is 0. The Kier molecular flexibility index (Phi) is 6.86. The van der Waals surface area contributed by atoms with Crippen LogP contribution in [0.4, 0.5) is 0 Å². The van der Waals surface area contributed by atoms with E-state index in [2.05, 4.69) is 0 Å². The number of amides is 2. The molecule has 1 atom stereocenters. The summed E-state index contributed by atoms with van der Waals surface area (Å²) in [7, 11) is 0. The van der Waals surface area contributed by atoms with Crippen molar-refractivity contribution >= 4 is 17.5 Å². The van der Waals surface area contributed by atoms with E-state index in [0.717, 1.165) is 16.8 Å². The molecular weight excluding hydrogens is 442 g/mol. The largest absolute Gasteiger partial charge is 0.483 e. The Bertz CT molecular complexity index is 1210. The zero-order valence-corrected chi connectivity index (χ0v) is 19.4. The van der Waals surface area contributed by atoms with Gasteiger partial charge in [-0.2, -0.15) is 5.10 Å². The Balaban J connectivity index is 1.42. The molecule has 0 unspecified atom stereocenters. The fourth-order valence-corrected chi connectivity index (χ4v) is 4.39. The highest BCUT2D eigenvalue weighted by molar-refractivity contribution is 6.05. The second kappa shape index (κ2) is 10.5. The Morgan fingerprint density at radius 1 is 0.886 bits per heavy atom. The van der Waals surface area contributed by atoms with Crippen LogP contribution >= 0.6 is 0 Å². The molecule has 2 heterocycles. The summed E-state index contributed by atoms with van der Waals surface area (Å²) in [5, 5.41) is 6.30. The third kappa shape index (κ3) is 5.10. The summed E-state index contributed by atoms with van der Waals surface area (Å²) >= 11 is 0. The number of carbonyl (C=O) groups excluding carboxylic acids is 2. The van der Waals surface area contributed by atoms with Crippen LogP contribution in [0.2, 0.25) is 0 Å². The summed E-state index contributed by atoms with van der Waals surface area (Å²) in [5.41, 5.74) is 3.19. The molecule has 0 saturated carbocycles. The lowest BCUT2D eigenvalue weighted by Gasteiger charge is -2.27. The molecular formula is C28H27N3O4. The smallest absolute Gasteiger partial charge is 0.274 e. The van der Waals surface area contributed by atoms with Crippen LogP contribution in [-0.2, 0) is 9.53 Å². The number of morpholine rings is 1. The molecule has 0 N–H and O–H groups in total. The van der Waals surface area contributed by atoms with Crippen LogP contribution in [0.5, 0.6) is 5.75 Å². The van der Waals surface area contributed by atoms with E-state index < -0.39 is 0 Å². The van der Waals surface area contributed by atoms with Gasteiger partial charge in [-0.3, -0.25) is 9.59 Å².